The van der Waals surface area contributed by atoms with Gasteiger partial charge in [0.05, 0.1) is 29.0 Å². The number of aliphatic hydroxyl groups is 1. The lowest BCUT2D eigenvalue weighted by Crippen LogP contribution is -2.52. The normalized spacial score (nSPS) is 14.1. The van der Waals surface area contributed by atoms with E-state index in [1.54, 1.807) is 6.07 Å². The van der Waals surface area contributed by atoms with Crippen LogP contribution >= 0.6 is 11.6 Å². The minimum absolute atomic E-state index is 0.0686. The lowest BCUT2D eigenvalue weighted by atomic mass is 9.75. The Bertz CT molecular complexity index is 947. The molecule has 2 aromatic rings. The minimum Gasteiger partial charge on any atom is -0.392 e. The molecule has 0 aliphatic rings. The second-order valence-electron chi connectivity index (χ2n) is 6.06. The zero-order valence-electron chi connectivity index (χ0n) is 14.9. The second-order valence-corrected chi connectivity index (χ2v) is 6.44. The van der Waals surface area contributed by atoms with E-state index in [2.05, 4.69) is 5.32 Å². The van der Waals surface area contributed by atoms with Crippen LogP contribution in [0.4, 0.5) is 18.9 Å². The molecule has 0 aromatic heterocycles. The van der Waals surface area contributed by atoms with Crippen LogP contribution in [-0.2, 0) is 14.9 Å². The Labute approximate surface area is 164 Å². The Morgan fingerprint density at radius 1 is 1.32 bits per heavy atom. The van der Waals surface area contributed by atoms with Crippen molar-refractivity contribution >= 4 is 23.2 Å². The van der Waals surface area contributed by atoms with E-state index in [-0.39, 0.29) is 16.8 Å². The largest absolute Gasteiger partial charge is 0.392 e. The SMILES string of the molecule is COCC(C(=O)Nc1ccc(C#N)c(Cl)c1F)(c1ccc(F)c(F)c1)C(C)O. The maximum atomic E-state index is 14.4. The van der Waals surface area contributed by atoms with Crippen LogP contribution < -0.4 is 5.32 Å². The predicted molar refractivity (Wildman–Crippen MR) is 96.3 cm³/mol. The van der Waals surface area contributed by atoms with Crippen LogP contribution in [0.2, 0.25) is 5.02 Å². The number of ether oxygens (including phenoxy) is 1. The van der Waals surface area contributed by atoms with Crippen molar-refractivity contribution in [2.45, 2.75) is 18.4 Å². The summed E-state index contributed by atoms with van der Waals surface area (Å²) in [7, 11) is 1.25. The molecule has 0 fully saturated rings. The monoisotopic (exact) mass is 412 g/mol. The number of carbonyl (C=O) groups excluding carboxylic acids is 1. The molecule has 1 amide bonds. The molecule has 0 heterocycles. The molecule has 0 spiro atoms. The number of amides is 1. The fourth-order valence-electron chi connectivity index (χ4n) is 2.80. The first-order chi connectivity index (χ1) is 13.2. The Morgan fingerprint density at radius 2 is 2.00 bits per heavy atom. The first kappa shape index (κ1) is 21.7. The highest BCUT2D eigenvalue weighted by atomic mass is 35.5. The van der Waals surface area contributed by atoms with Gasteiger partial charge in [-0.05, 0) is 36.8 Å². The van der Waals surface area contributed by atoms with Gasteiger partial charge >= 0.3 is 0 Å². The Morgan fingerprint density at radius 3 is 2.54 bits per heavy atom. The summed E-state index contributed by atoms with van der Waals surface area (Å²) >= 11 is 5.76. The van der Waals surface area contributed by atoms with Gasteiger partial charge in [-0.25, -0.2) is 13.2 Å². The summed E-state index contributed by atoms with van der Waals surface area (Å²) < 4.78 is 46.5. The van der Waals surface area contributed by atoms with Crippen LogP contribution in [-0.4, -0.2) is 30.8 Å². The third-order valence-electron chi connectivity index (χ3n) is 4.38. The standard InChI is InChI=1S/C19H16ClF3N2O3/c1-10(26)19(9-28-2,12-4-5-13(21)14(22)7-12)18(27)25-15-6-3-11(8-24)16(20)17(15)23/h3-7,10,26H,9H2,1-2H3,(H,25,27). The summed E-state index contributed by atoms with van der Waals surface area (Å²) in [6, 6.07) is 6.74. The number of anilines is 1. The van der Waals surface area contributed by atoms with E-state index in [4.69, 9.17) is 21.6 Å². The van der Waals surface area contributed by atoms with Crippen molar-refractivity contribution in [1.82, 2.24) is 0 Å². The van der Waals surface area contributed by atoms with E-state index in [0.29, 0.717) is 0 Å². The van der Waals surface area contributed by atoms with E-state index in [9.17, 15) is 23.1 Å². The van der Waals surface area contributed by atoms with Gasteiger partial charge in [0.25, 0.3) is 0 Å². The van der Waals surface area contributed by atoms with Crippen molar-refractivity contribution in [3.63, 3.8) is 0 Å². The summed E-state index contributed by atoms with van der Waals surface area (Å²) in [6.45, 7) is 0.856. The van der Waals surface area contributed by atoms with E-state index >= 15 is 0 Å². The van der Waals surface area contributed by atoms with Gasteiger partial charge in [-0.1, -0.05) is 17.7 Å². The van der Waals surface area contributed by atoms with Gasteiger partial charge in [0.2, 0.25) is 5.91 Å². The van der Waals surface area contributed by atoms with Crippen molar-refractivity contribution in [3.05, 3.63) is 63.9 Å². The van der Waals surface area contributed by atoms with Gasteiger partial charge in [-0.2, -0.15) is 5.26 Å². The molecule has 0 aliphatic carbocycles. The molecule has 2 aromatic carbocycles. The second kappa shape index (κ2) is 8.61. The number of carbonyl (C=O) groups is 1. The van der Waals surface area contributed by atoms with E-state index in [0.717, 1.165) is 24.3 Å². The Hall–Kier alpha value is -2.60. The summed E-state index contributed by atoms with van der Waals surface area (Å²) in [4.78, 5) is 13.0. The molecular weight excluding hydrogens is 397 g/mol. The number of methoxy groups -OCH3 is 1. The number of aliphatic hydroxyl groups excluding tert-OH is 1. The zero-order chi connectivity index (χ0) is 21.1. The van der Waals surface area contributed by atoms with Gasteiger partial charge < -0.3 is 15.2 Å². The van der Waals surface area contributed by atoms with Gasteiger partial charge in [0, 0.05) is 7.11 Å². The first-order valence-electron chi connectivity index (χ1n) is 8.01. The number of hydrogen-bond donors (Lipinski definition) is 2. The molecule has 5 nitrogen and oxygen atoms in total. The molecule has 9 heteroatoms. The molecule has 2 rings (SSSR count). The maximum Gasteiger partial charge on any atom is 0.240 e. The lowest BCUT2D eigenvalue weighted by molar-refractivity contribution is -0.128. The quantitative estimate of drug-likeness (QED) is 0.760. The number of hydrogen-bond acceptors (Lipinski definition) is 4. The van der Waals surface area contributed by atoms with Crippen molar-refractivity contribution in [2.24, 2.45) is 0 Å². The van der Waals surface area contributed by atoms with Gasteiger partial charge in [0.1, 0.15) is 11.5 Å². The third kappa shape index (κ3) is 3.83. The average Bonchev–Trinajstić information content (AvgIpc) is 2.65. The molecule has 28 heavy (non-hydrogen) atoms. The molecular formula is C19H16ClF3N2O3. The van der Waals surface area contributed by atoms with E-state index < -0.39 is 46.5 Å². The molecule has 0 aliphatic heterocycles. The van der Waals surface area contributed by atoms with Crippen LogP contribution in [0.25, 0.3) is 0 Å². The zero-order valence-corrected chi connectivity index (χ0v) is 15.6. The Balaban J connectivity index is 2.55. The van der Waals surface area contributed by atoms with Crippen molar-refractivity contribution < 1.29 is 27.8 Å². The van der Waals surface area contributed by atoms with Crippen LogP contribution in [0.1, 0.15) is 18.1 Å². The van der Waals surface area contributed by atoms with Crippen molar-refractivity contribution in [2.75, 3.05) is 19.0 Å². The molecule has 0 bridgehead atoms. The van der Waals surface area contributed by atoms with Crippen LogP contribution in [0.5, 0.6) is 0 Å². The van der Waals surface area contributed by atoms with Crippen LogP contribution in [0, 0.1) is 28.8 Å². The highest BCUT2D eigenvalue weighted by Gasteiger charge is 2.46. The number of nitriles is 1. The van der Waals surface area contributed by atoms with Gasteiger partial charge in [-0.15, -0.1) is 0 Å². The fourth-order valence-corrected chi connectivity index (χ4v) is 3.01. The maximum absolute atomic E-state index is 14.4. The summed E-state index contributed by atoms with van der Waals surface area (Å²) in [6.07, 6.45) is -1.42. The molecule has 2 atom stereocenters. The smallest absolute Gasteiger partial charge is 0.240 e. The number of halogens is 4. The fraction of sp³-hybridized carbons (Fsp3) is 0.263. The van der Waals surface area contributed by atoms with Crippen LogP contribution in [0.3, 0.4) is 0 Å². The Kier molecular flexibility index (Phi) is 6.67. The topological polar surface area (TPSA) is 82.3 Å². The molecule has 0 radical (unpaired) electrons. The van der Waals surface area contributed by atoms with Crippen molar-refractivity contribution in [3.8, 4) is 6.07 Å². The van der Waals surface area contributed by atoms with E-state index in [1.165, 1.54) is 20.1 Å². The number of rotatable bonds is 6. The number of nitrogens with one attached hydrogen (secondary N) is 1. The summed E-state index contributed by atoms with van der Waals surface area (Å²) in [5.74, 6) is -4.34. The average molecular weight is 413 g/mol. The lowest BCUT2D eigenvalue weighted by Gasteiger charge is -2.35. The third-order valence-corrected chi connectivity index (χ3v) is 4.75. The van der Waals surface area contributed by atoms with Gasteiger partial charge in [0.15, 0.2) is 17.5 Å². The highest BCUT2D eigenvalue weighted by molar-refractivity contribution is 6.32. The molecule has 0 saturated carbocycles. The predicted octanol–water partition coefficient (Wildman–Crippen LogP) is 3.53. The molecule has 148 valence electrons. The summed E-state index contributed by atoms with van der Waals surface area (Å²) in [5, 5.41) is 21.0. The van der Waals surface area contributed by atoms with Crippen molar-refractivity contribution in [1.29, 1.82) is 5.26 Å². The molecule has 2 N–H and O–H groups in total. The highest BCUT2D eigenvalue weighted by Crippen LogP contribution is 2.33. The first-order valence-corrected chi connectivity index (χ1v) is 8.39. The molecule has 0 saturated heterocycles. The number of benzene rings is 2. The van der Waals surface area contributed by atoms with Gasteiger partial charge in [-0.3, -0.25) is 4.79 Å². The van der Waals surface area contributed by atoms with Crippen LogP contribution in [0.15, 0.2) is 30.3 Å². The van der Waals surface area contributed by atoms with E-state index in [1.807, 2.05) is 0 Å². The molecule has 2 unspecified atom stereocenters. The minimum atomic E-state index is -1.88. The summed E-state index contributed by atoms with van der Waals surface area (Å²) in [5.41, 5.74) is -2.43. The number of nitrogens with zero attached hydrogens (tertiary/aromatic N) is 1.